The maximum atomic E-state index is 11.0. The minimum absolute atomic E-state index is 0.162. The number of hydrogen-bond donors (Lipinski definition) is 2. The lowest BCUT2D eigenvalue weighted by molar-refractivity contribution is -0.0684. The van der Waals surface area contributed by atoms with Crippen LogP contribution in [0.25, 0.3) is 0 Å². The summed E-state index contributed by atoms with van der Waals surface area (Å²) < 4.78 is 16.3. The summed E-state index contributed by atoms with van der Waals surface area (Å²) in [7, 11) is -4.52. The minimum atomic E-state index is -4.52. The summed E-state index contributed by atoms with van der Waals surface area (Å²) in [4.78, 5) is 17.9. The van der Waals surface area contributed by atoms with Gasteiger partial charge in [-0.2, -0.15) is 5.26 Å². The van der Waals surface area contributed by atoms with E-state index in [2.05, 4.69) is 0 Å². The van der Waals surface area contributed by atoms with Crippen LogP contribution in [0.15, 0.2) is 0 Å². The average Bonchev–Trinajstić information content (AvgIpc) is 2.14. The van der Waals surface area contributed by atoms with Crippen molar-refractivity contribution >= 4 is 7.60 Å². The molecule has 0 spiro atoms. The van der Waals surface area contributed by atoms with Crippen LogP contribution in [0, 0.1) is 17.2 Å². The molecule has 1 unspecified atom stereocenters. The van der Waals surface area contributed by atoms with Gasteiger partial charge in [-0.05, 0) is 19.8 Å². The lowest BCUT2D eigenvalue weighted by atomic mass is 9.86. The van der Waals surface area contributed by atoms with Crippen LogP contribution < -0.4 is 0 Å². The zero-order chi connectivity index (χ0) is 13.0. The second-order valence-corrected chi connectivity index (χ2v) is 5.95. The van der Waals surface area contributed by atoms with Crippen LogP contribution >= 0.6 is 7.60 Å². The standard InChI is InChI=1S/C10H20NO4P/c1-5-8(6-2)10(3,4)15-9(7-11)16(12,13)14/h8-9H,5-6H2,1-4H3,(H2,12,13,14). The van der Waals surface area contributed by atoms with Gasteiger partial charge in [0.25, 0.3) is 0 Å². The van der Waals surface area contributed by atoms with Crippen LogP contribution in [-0.2, 0) is 9.30 Å². The first-order chi connectivity index (χ1) is 7.19. The van der Waals surface area contributed by atoms with E-state index in [1.807, 2.05) is 13.8 Å². The molecule has 6 heteroatoms. The van der Waals surface area contributed by atoms with Gasteiger partial charge in [0.1, 0.15) is 6.07 Å². The number of nitriles is 1. The molecule has 2 N–H and O–H groups in total. The van der Waals surface area contributed by atoms with Crippen molar-refractivity contribution in [1.29, 1.82) is 5.26 Å². The molecule has 16 heavy (non-hydrogen) atoms. The predicted octanol–water partition coefficient (Wildman–Crippen LogP) is 2.25. The molecule has 0 rings (SSSR count). The second-order valence-electron chi connectivity index (χ2n) is 4.31. The summed E-state index contributed by atoms with van der Waals surface area (Å²) >= 11 is 0. The lowest BCUT2D eigenvalue weighted by Crippen LogP contribution is -2.37. The molecular formula is C10H20NO4P. The van der Waals surface area contributed by atoms with Crippen molar-refractivity contribution in [3.8, 4) is 6.07 Å². The Morgan fingerprint density at radius 2 is 1.81 bits per heavy atom. The fraction of sp³-hybridized carbons (Fsp3) is 0.900. The Kier molecular flexibility index (Phi) is 5.64. The zero-order valence-corrected chi connectivity index (χ0v) is 11.1. The van der Waals surface area contributed by atoms with Gasteiger partial charge in [-0.1, -0.05) is 26.7 Å². The molecule has 0 aromatic rings. The van der Waals surface area contributed by atoms with E-state index in [4.69, 9.17) is 19.8 Å². The van der Waals surface area contributed by atoms with E-state index in [-0.39, 0.29) is 5.92 Å². The van der Waals surface area contributed by atoms with Crippen molar-refractivity contribution in [1.82, 2.24) is 0 Å². The quantitative estimate of drug-likeness (QED) is 0.704. The van der Waals surface area contributed by atoms with Gasteiger partial charge in [-0.25, -0.2) is 0 Å². The van der Waals surface area contributed by atoms with Crippen LogP contribution in [0.3, 0.4) is 0 Å². The highest BCUT2D eigenvalue weighted by molar-refractivity contribution is 7.52. The monoisotopic (exact) mass is 249 g/mol. The molecule has 0 amide bonds. The normalized spacial score (nSPS) is 14.9. The third kappa shape index (κ3) is 4.23. The Labute approximate surface area is 96.6 Å². The number of hydrogen-bond acceptors (Lipinski definition) is 3. The molecule has 0 aliphatic heterocycles. The van der Waals surface area contributed by atoms with Gasteiger partial charge in [0.05, 0.1) is 5.60 Å². The first-order valence-electron chi connectivity index (χ1n) is 5.31. The van der Waals surface area contributed by atoms with E-state index in [0.29, 0.717) is 0 Å². The van der Waals surface area contributed by atoms with Crippen molar-refractivity contribution in [3.63, 3.8) is 0 Å². The topological polar surface area (TPSA) is 90.5 Å². The molecule has 94 valence electrons. The molecule has 0 aliphatic carbocycles. The first-order valence-corrected chi connectivity index (χ1v) is 6.99. The summed E-state index contributed by atoms with van der Waals surface area (Å²) in [5.74, 6) is -1.52. The molecule has 0 saturated carbocycles. The van der Waals surface area contributed by atoms with Gasteiger partial charge < -0.3 is 14.5 Å². The smallest absolute Gasteiger partial charge is 0.346 e. The van der Waals surface area contributed by atoms with Crippen LogP contribution in [-0.4, -0.2) is 21.2 Å². The van der Waals surface area contributed by atoms with Gasteiger partial charge >= 0.3 is 7.60 Å². The lowest BCUT2D eigenvalue weighted by Gasteiger charge is -2.35. The maximum Gasteiger partial charge on any atom is 0.368 e. The van der Waals surface area contributed by atoms with Crippen molar-refractivity contribution in [2.45, 2.75) is 52.0 Å². The van der Waals surface area contributed by atoms with E-state index in [1.165, 1.54) is 6.07 Å². The highest BCUT2D eigenvalue weighted by atomic mass is 31.2. The Morgan fingerprint density at radius 3 is 2.06 bits per heavy atom. The molecule has 0 bridgehead atoms. The summed E-state index contributed by atoms with van der Waals surface area (Å²) in [6.45, 7) is 7.48. The van der Waals surface area contributed by atoms with Crippen LogP contribution in [0.5, 0.6) is 0 Å². The number of rotatable bonds is 6. The summed E-state index contributed by atoms with van der Waals surface area (Å²) in [6, 6.07) is 1.52. The largest absolute Gasteiger partial charge is 0.368 e. The molecule has 0 aliphatic rings. The van der Waals surface area contributed by atoms with Gasteiger partial charge in [0.15, 0.2) is 0 Å². The van der Waals surface area contributed by atoms with Gasteiger partial charge in [-0.3, -0.25) is 4.57 Å². The molecule has 1 atom stereocenters. The van der Waals surface area contributed by atoms with Crippen LogP contribution in [0.4, 0.5) is 0 Å². The second kappa shape index (κ2) is 5.79. The van der Waals surface area contributed by atoms with Crippen molar-refractivity contribution in [3.05, 3.63) is 0 Å². The Balaban J connectivity index is 4.81. The van der Waals surface area contributed by atoms with Crippen LogP contribution in [0.1, 0.15) is 40.5 Å². The molecule has 0 aromatic carbocycles. The molecule has 0 saturated heterocycles. The third-order valence-corrected chi connectivity index (χ3v) is 3.63. The fourth-order valence-corrected chi connectivity index (χ4v) is 2.39. The van der Waals surface area contributed by atoms with Crippen molar-refractivity contribution in [2.75, 3.05) is 0 Å². The van der Waals surface area contributed by atoms with Crippen LogP contribution in [0.2, 0.25) is 0 Å². The van der Waals surface area contributed by atoms with Gasteiger partial charge in [0.2, 0.25) is 5.85 Å². The summed E-state index contributed by atoms with van der Waals surface area (Å²) in [5.41, 5.74) is -0.717. The van der Waals surface area contributed by atoms with Crippen molar-refractivity contribution in [2.24, 2.45) is 5.92 Å². The highest BCUT2D eigenvalue weighted by Crippen LogP contribution is 2.44. The van der Waals surface area contributed by atoms with Gasteiger partial charge in [-0.15, -0.1) is 0 Å². The number of ether oxygens (including phenoxy) is 1. The van der Waals surface area contributed by atoms with E-state index < -0.39 is 19.0 Å². The molecule has 0 aromatic heterocycles. The van der Waals surface area contributed by atoms with Crippen molar-refractivity contribution < 1.29 is 19.1 Å². The first kappa shape index (κ1) is 15.6. The Hall–Kier alpha value is -0.400. The Morgan fingerprint density at radius 1 is 1.38 bits per heavy atom. The van der Waals surface area contributed by atoms with E-state index in [0.717, 1.165) is 12.8 Å². The predicted molar refractivity (Wildman–Crippen MR) is 60.7 cm³/mol. The highest BCUT2D eigenvalue weighted by Gasteiger charge is 2.38. The molecule has 0 fully saturated rings. The minimum Gasteiger partial charge on any atom is -0.346 e. The zero-order valence-electron chi connectivity index (χ0n) is 10.2. The SMILES string of the molecule is CCC(CC)C(C)(C)OC(C#N)P(=O)(O)O. The van der Waals surface area contributed by atoms with E-state index >= 15 is 0 Å². The third-order valence-electron chi connectivity index (χ3n) is 2.80. The molecule has 0 heterocycles. The molecule has 0 radical (unpaired) electrons. The average molecular weight is 249 g/mol. The Bertz CT molecular complexity index is 300. The molecule has 5 nitrogen and oxygen atoms in total. The van der Waals surface area contributed by atoms with E-state index in [1.54, 1.807) is 13.8 Å². The summed E-state index contributed by atoms with van der Waals surface area (Å²) in [6.07, 6.45) is 1.67. The summed E-state index contributed by atoms with van der Waals surface area (Å²) in [5, 5.41) is 8.68. The molecular weight excluding hydrogens is 229 g/mol. The number of nitrogens with zero attached hydrogens (tertiary/aromatic N) is 1. The van der Waals surface area contributed by atoms with Gasteiger partial charge in [0, 0.05) is 0 Å². The fourth-order valence-electron chi connectivity index (χ4n) is 1.83. The van der Waals surface area contributed by atoms with E-state index in [9.17, 15) is 4.57 Å². The maximum absolute atomic E-state index is 11.0.